The molecule has 5 heteroatoms. The van der Waals surface area contributed by atoms with Crippen LogP contribution in [0.1, 0.15) is 55.9 Å². The zero-order valence-electron chi connectivity index (χ0n) is 30.4. The lowest BCUT2D eigenvalue weighted by molar-refractivity contribution is 1.02. The highest BCUT2D eigenvalue weighted by Crippen LogP contribution is 2.38. The molecule has 6 aromatic rings. The van der Waals surface area contributed by atoms with Crippen LogP contribution >= 0.6 is 0 Å². The van der Waals surface area contributed by atoms with E-state index in [0.717, 1.165) is 67.4 Å². The van der Waals surface area contributed by atoms with Crippen molar-refractivity contribution >= 4 is 49.4 Å². The van der Waals surface area contributed by atoms with Crippen LogP contribution in [0.2, 0.25) is 0 Å². The Bertz CT molecular complexity index is 2640. The zero-order valence-corrected chi connectivity index (χ0v) is 31.8. The van der Waals surface area contributed by atoms with Gasteiger partial charge in [-0.25, -0.2) is 9.98 Å². The van der Waals surface area contributed by atoms with Crippen molar-refractivity contribution in [2.45, 2.75) is 27.7 Å². The minimum atomic E-state index is -1.32. The normalized spacial score (nSPS) is 15.5. The van der Waals surface area contributed by atoms with Crippen LogP contribution in [0, 0.1) is 27.7 Å². The average molecular weight is 697 g/mol. The molecule has 0 fully saturated rings. The van der Waals surface area contributed by atoms with Crippen molar-refractivity contribution in [1.82, 2.24) is 7.10 Å². The van der Waals surface area contributed by atoms with E-state index in [1.807, 2.05) is 0 Å². The summed E-state index contributed by atoms with van der Waals surface area (Å²) in [5.41, 5.74) is 20.5. The number of fused-ring (bicyclic) bond motifs is 2. The van der Waals surface area contributed by atoms with Gasteiger partial charge in [0, 0.05) is 44.4 Å². The van der Waals surface area contributed by atoms with Crippen LogP contribution in [0.3, 0.4) is 0 Å². The number of aromatic nitrogens is 2. The zero-order chi connectivity index (χ0) is 35.8. The molecule has 4 aromatic carbocycles. The van der Waals surface area contributed by atoms with Crippen molar-refractivity contribution in [2.75, 3.05) is 0 Å². The first-order valence-corrected chi connectivity index (χ1v) is 19.6. The van der Waals surface area contributed by atoms with Crippen LogP contribution in [0.5, 0.6) is 0 Å². The van der Waals surface area contributed by atoms with Gasteiger partial charge in [-0.2, -0.15) is 0 Å². The SMILES string of the molecule is Cc1ccc(C2=C3C=CC(=N3)C(c3ccc(C)cc3)=c3ccc4[n]3[AlH][n]3c2ccc3C(c2ccc(C)cc2)=C2C=CC(=N2)C=4c2ccc(C)cc2)cc1. The summed E-state index contributed by atoms with van der Waals surface area (Å²) in [4.78, 5) is 11.0. The van der Waals surface area contributed by atoms with Gasteiger partial charge in [0.1, 0.15) is 0 Å². The molecule has 252 valence electrons. The first-order chi connectivity index (χ1) is 25.9. The Hall–Kier alpha value is -5.99. The number of aryl methyl sites for hydroxylation is 4. The molecule has 0 N–H and O–H groups in total. The summed E-state index contributed by atoms with van der Waals surface area (Å²) < 4.78 is 5.27. The Morgan fingerprint density at radius 1 is 0.358 bits per heavy atom. The highest BCUT2D eigenvalue weighted by molar-refractivity contribution is 6.37. The number of rotatable bonds is 4. The summed E-state index contributed by atoms with van der Waals surface area (Å²) in [6.45, 7) is 8.60. The van der Waals surface area contributed by atoms with E-state index in [-0.39, 0.29) is 0 Å². The molecule has 10 rings (SSSR count). The van der Waals surface area contributed by atoms with Crippen LogP contribution < -0.4 is 10.7 Å². The first kappa shape index (κ1) is 31.7. The molecule has 0 spiro atoms. The van der Waals surface area contributed by atoms with Gasteiger partial charge < -0.3 is 7.10 Å². The van der Waals surface area contributed by atoms with E-state index in [1.54, 1.807) is 0 Å². The van der Waals surface area contributed by atoms with E-state index in [1.165, 1.54) is 44.3 Å². The molecule has 0 amide bonds. The monoisotopic (exact) mass is 696 g/mol. The van der Waals surface area contributed by atoms with Gasteiger partial charge in [0.2, 0.25) is 0 Å². The molecule has 0 radical (unpaired) electrons. The number of benzene rings is 4. The summed E-state index contributed by atoms with van der Waals surface area (Å²) in [5, 5.41) is 2.36. The predicted molar refractivity (Wildman–Crippen MR) is 221 cm³/mol. The summed E-state index contributed by atoms with van der Waals surface area (Å²) in [6.07, 6.45) is 8.86. The number of nitrogens with zero attached hydrogens (tertiary/aromatic N) is 4. The lowest BCUT2D eigenvalue weighted by Crippen LogP contribution is -2.40. The van der Waals surface area contributed by atoms with Gasteiger partial charge in [-0.1, -0.05) is 119 Å². The summed E-state index contributed by atoms with van der Waals surface area (Å²) in [5.74, 6) is 0. The molecule has 4 aliphatic rings. The second-order valence-corrected chi connectivity index (χ2v) is 16.1. The lowest BCUT2D eigenvalue weighted by Gasteiger charge is -2.22. The number of aliphatic imine (C=N–C) groups is 2. The van der Waals surface area contributed by atoms with E-state index in [0.29, 0.717) is 0 Å². The van der Waals surface area contributed by atoms with Crippen molar-refractivity contribution in [3.8, 4) is 0 Å². The van der Waals surface area contributed by atoms with Gasteiger partial charge in [0.05, 0.1) is 22.8 Å². The molecule has 0 aliphatic carbocycles. The average Bonchev–Trinajstić information content (AvgIpc) is 3.99. The van der Waals surface area contributed by atoms with Gasteiger partial charge in [-0.3, -0.25) is 0 Å². The quantitative estimate of drug-likeness (QED) is 0.167. The molecule has 2 aromatic heterocycles. The molecular weight excluding hydrogens is 660 g/mol. The minimum absolute atomic E-state index is 0.984. The Balaban J connectivity index is 1.41. The van der Waals surface area contributed by atoms with Gasteiger partial charge in [0.25, 0.3) is 0 Å². The summed E-state index contributed by atoms with van der Waals surface area (Å²) >= 11 is -1.32. The van der Waals surface area contributed by atoms with Crippen molar-refractivity contribution in [3.05, 3.63) is 224 Å². The molecule has 4 aliphatic heterocycles. The maximum absolute atomic E-state index is 5.51. The second-order valence-electron chi connectivity index (χ2n) is 14.6. The molecule has 0 atom stereocenters. The van der Waals surface area contributed by atoms with E-state index < -0.39 is 15.7 Å². The Morgan fingerprint density at radius 2 is 0.698 bits per heavy atom. The van der Waals surface area contributed by atoms with Gasteiger partial charge in [-0.15, -0.1) is 0 Å². The Labute approximate surface area is 316 Å². The smallest absolute Gasteiger partial charge is 0.417 e. The highest BCUT2D eigenvalue weighted by Gasteiger charge is 2.29. The van der Waals surface area contributed by atoms with Crippen molar-refractivity contribution < 1.29 is 0 Å². The molecule has 6 heterocycles. The fourth-order valence-corrected chi connectivity index (χ4v) is 10.1. The highest BCUT2D eigenvalue weighted by atomic mass is 27.1. The third-order valence-electron chi connectivity index (χ3n) is 10.9. The topological polar surface area (TPSA) is 34.6 Å². The van der Waals surface area contributed by atoms with Gasteiger partial charge in [0.15, 0.2) is 0 Å². The first-order valence-electron chi connectivity index (χ1n) is 18.3. The van der Waals surface area contributed by atoms with Crippen LogP contribution in [0.4, 0.5) is 0 Å². The number of allylic oxidation sites excluding steroid dienone is 4. The standard InChI is InChI=1S/C48H36N4.Al.H/c1-29-5-13-33(14-6-29)45-37-21-23-39(49-37)46(34-15-7-30(2)8-16-34)41-25-27-43(51-41)48(36-19-11-32(4)12-20-36)44-28-26-42(52-44)47(40-24-22-38(45)50-40)35-17-9-31(3)10-18-35;;/h5-28H,1-4H3;;/q-2;+2;. The fourth-order valence-electron chi connectivity index (χ4n) is 8.12. The molecule has 6 bridgehead atoms. The van der Waals surface area contributed by atoms with Crippen LogP contribution in [0.25, 0.3) is 22.3 Å². The third kappa shape index (κ3) is 5.27. The Morgan fingerprint density at radius 3 is 1.06 bits per heavy atom. The number of hydrogen-bond donors (Lipinski definition) is 0. The van der Waals surface area contributed by atoms with Crippen molar-refractivity contribution in [3.63, 3.8) is 0 Å². The molecule has 0 saturated carbocycles. The van der Waals surface area contributed by atoms with Crippen LogP contribution in [-0.4, -0.2) is 34.2 Å². The molecule has 0 saturated heterocycles. The van der Waals surface area contributed by atoms with Gasteiger partial charge in [-0.05, 0) is 98.5 Å². The Kier molecular flexibility index (Phi) is 7.37. The van der Waals surface area contributed by atoms with Crippen molar-refractivity contribution in [1.29, 1.82) is 0 Å². The largest absolute Gasteiger partial charge is 0.558 e. The maximum atomic E-state index is 5.51. The summed E-state index contributed by atoms with van der Waals surface area (Å²) in [7, 11) is 0. The second kappa shape index (κ2) is 12.3. The molecule has 4 nitrogen and oxygen atoms in total. The molecule has 53 heavy (non-hydrogen) atoms. The fraction of sp³-hybridized carbons (Fsp3) is 0.0833. The van der Waals surface area contributed by atoms with E-state index in [2.05, 4.69) is 180 Å². The van der Waals surface area contributed by atoms with E-state index >= 15 is 0 Å². The third-order valence-corrected chi connectivity index (χ3v) is 12.9. The van der Waals surface area contributed by atoms with Crippen molar-refractivity contribution in [2.24, 2.45) is 9.98 Å². The molecule has 0 unspecified atom stereocenters. The van der Waals surface area contributed by atoms with Gasteiger partial charge >= 0.3 is 15.7 Å². The predicted octanol–water partition coefficient (Wildman–Crippen LogP) is 8.15. The van der Waals surface area contributed by atoms with Crippen LogP contribution in [-0.2, 0) is 0 Å². The van der Waals surface area contributed by atoms with Crippen LogP contribution in [0.15, 0.2) is 167 Å². The molecular formula is C48H37AlN4. The maximum Gasteiger partial charge on any atom is 0.558 e. The van der Waals surface area contributed by atoms with E-state index in [9.17, 15) is 0 Å². The number of hydrogen-bond acceptors (Lipinski definition) is 2. The minimum Gasteiger partial charge on any atom is -0.417 e. The van der Waals surface area contributed by atoms with E-state index in [4.69, 9.17) is 9.98 Å². The summed E-state index contributed by atoms with van der Waals surface area (Å²) in [6, 6.07) is 45.0. The lowest BCUT2D eigenvalue weighted by atomic mass is 9.99.